The lowest BCUT2D eigenvalue weighted by atomic mass is 9.81. The molecule has 0 saturated heterocycles. The summed E-state index contributed by atoms with van der Waals surface area (Å²) in [7, 11) is 0. The Hall–Kier alpha value is -7.42. The fraction of sp³-hybridized carbons (Fsp3) is 0.0526. The first-order chi connectivity index (χ1) is 29.0. The van der Waals surface area contributed by atoms with Crippen molar-refractivity contribution in [3.8, 4) is 55.6 Å². The number of hydrogen-bond acceptors (Lipinski definition) is 2. The molecule has 1 aliphatic rings. The second-order valence-corrected chi connectivity index (χ2v) is 16.1. The Kier molecular flexibility index (Phi) is 8.20. The van der Waals surface area contributed by atoms with Gasteiger partial charge in [0.25, 0.3) is 0 Å². The number of anilines is 3. The molecule has 0 atom stereocenters. The second kappa shape index (κ2) is 13.9. The summed E-state index contributed by atoms with van der Waals surface area (Å²) in [5.74, 6) is 0. The van der Waals surface area contributed by atoms with Gasteiger partial charge < -0.3 is 9.32 Å². The Morgan fingerprint density at radius 1 is 0.322 bits per heavy atom. The Bertz CT molecular complexity index is 3060. The highest BCUT2D eigenvalue weighted by Crippen LogP contribution is 2.50. The van der Waals surface area contributed by atoms with Gasteiger partial charge in [-0.05, 0) is 127 Å². The predicted octanol–water partition coefficient (Wildman–Crippen LogP) is 16.0. The van der Waals surface area contributed by atoms with Crippen molar-refractivity contribution < 1.29 is 4.42 Å². The third-order valence-corrected chi connectivity index (χ3v) is 12.3. The Morgan fingerprint density at radius 3 is 1.42 bits per heavy atom. The van der Waals surface area contributed by atoms with Gasteiger partial charge in [-0.2, -0.15) is 0 Å². The lowest BCUT2D eigenvalue weighted by Gasteiger charge is -2.26. The first kappa shape index (κ1) is 34.8. The fourth-order valence-electron chi connectivity index (χ4n) is 9.23. The number of fused-ring (bicyclic) bond motifs is 6. The monoisotopic (exact) mass is 755 g/mol. The number of rotatable bonds is 7. The second-order valence-electron chi connectivity index (χ2n) is 16.1. The zero-order valence-electron chi connectivity index (χ0n) is 33.1. The number of benzene rings is 9. The molecule has 0 aliphatic heterocycles. The van der Waals surface area contributed by atoms with Crippen LogP contribution in [0.1, 0.15) is 25.0 Å². The van der Waals surface area contributed by atoms with Crippen molar-refractivity contribution >= 4 is 39.0 Å². The van der Waals surface area contributed by atoms with Gasteiger partial charge in [0, 0.05) is 33.2 Å². The van der Waals surface area contributed by atoms with Gasteiger partial charge >= 0.3 is 0 Å². The number of hydrogen-bond donors (Lipinski definition) is 0. The van der Waals surface area contributed by atoms with Crippen LogP contribution in [0.5, 0.6) is 0 Å². The highest BCUT2D eigenvalue weighted by Gasteiger charge is 2.35. The van der Waals surface area contributed by atoms with E-state index in [1.807, 2.05) is 6.07 Å². The van der Waals surface area contributed by atoms with Crippen LogP contribution in [0.3, 0.4) is 0 Å². The van der Waals surface area contributed by atoms with E-state index >= 15 is 0 Å². The van der Waals surface area contributed by atoms with E-state index in [2.05, 4.69) is 225 Å². The van der Waals surface area contributed by atoms with Crippen LogP contribution in [0.2, 0.25) is 0 Å². The van der Waals surface area contributed by atoms with Crippen molar-refractivity contribution in [2.45, 2.75) is 19.3 Å². The van der Waals surface area contributed by atoms with Gasteiger partial charge in [-0.1, -0.05) is 166 Å². The summed E-state index contributed by atoms with van der Waals surface area (Å²) >= 11 is 0. The fourth-order valence-corrected chi connectivity index (χ4v) is 9.23. The minimum Gasteiger partial charge on any atom is -0.456 e. The lowest BCUT2D eigenvalue weighted by Crippen LogP contribution is -2.14. The summed E-state index contributed by atoms with van der Waals surface area (Å²) in [5, 5.41) is 2.26. The largest absolute Gasteiger partial charge is 0.456 e. The Morgan fingerprint density at radius 2 is 0.797 bits per heavy atom. The molecule has 0 unspecified atom stereocenters. The summed E-state index contributed by atoms with van der Waals surface area (Å²) in [6.45, 7) is 4.70. The van der Waals surface area contributed by atoms with Crippen LogP contribution in [0.25, 0.3) is 77.6 Å². The van der Waals surface area contributed by atoms with Crippen molar-refractivity contribution in [1.82, 2.24) is 0 Å². The molecule has 280 valence electrons. The van der Waals surface area contributed by atoms with Gasteiger partial charge in [-0.25, -0.2) is 0 Å². The van der Waals surface area contributed by atoms with Crippen LogP contribution in [0.4, 0.5) is 17.1 Å². The minimum atomic E-state index is -0.0990. The topological polar surface area (TPSA) is 16.4 Å². The predicted molar refractivity (Wildman–Crippen MR) is 248 cm³/mol. The summed E-state index contributed by atoms with van der Waals surface area (Å²) in [5.41, 5.74) is 19.8. The van der Waals surface area contributed by atoms with E-state index in [0.717, 1.165) is 50.1 Å². The Balaban J connectivity index is 1.03. The van der Waals surface area contributed by atoms with Gasteiger partial charge in [0.1, 0.15) is 11.2 Å². The van der Waals surface area contributed by atoms with Crippen LogP contribution in [-0.2, 0) is 5.41 Å². The average Bonchev–Trinajstić information content (AvgIpc) is 3.78. The number of furan rings is 1. The van der Waals surface area contributed by atoms with E-state index in [9.17, 15) is 0 Å². The molecule has 1 aliphatic carbocycles. The van der Waals surface area contributed by atoms with Crippen molar-refractivity contribution in [2.24, 2.45) is 0 Å². The maximum Gasteiger partial charge on any atom is 0.136 e. The van der Waals surface area contributed by atoms with Gasteiger partial charge in [-0.3, -0.25) is 0 Å². The SMILES string of the molecule is CC1(C)c2ccccc2-c2ccc(-c3cc4c(cc3-c3ccc(N(c5ccc(-c6ccccc6)cc5)c5ccc(-c6ccccc6)cc5)cc3)oc3ccccc34)cc21. The highest BCUT2D eigenvalue weighted by molar-refractivity contribution is 6.09. The molecule has 0 amide bonds. The highest BCUT2D eigenvalue weighted by atomic mass is 16.3. The van der Waals surface area contributed by atoms with Crippen LogP contribution < -0.4 is 4.90 Å². The standard InChI is InChI=1S/C57H41NO/c1-57(2)53-19-11-9-17-47(53)48-34-27-43(35-54(48)57)50-36-52-49-18-10-12-20-55(49)59-56(52)37-51(50)42-25-32-46(33-26-42)58(44-28-21-40(22-29-44)38-13-5-3-6-14-38)45-30-23-41(24-31-45)39-15-7-4-8-16-39/h3-37H,1-2H3. The molecule has 9 aromatic carbocycles. The number of nitrogens with zero attached hydrogens (tertiary/aromatic N) is 1. The van der Waals surface area contributed by atoms with Crippen molar-refractivity contribution in [1.29, 1.82) is 0 Å². The first-order valence-corrected chi connectivity index (χ1v) is 20.4. The minimum absolute atomic E-state index is 0.0990. The summed E-state index contributed by atoms with van der Waals surface area (Å²) < 4.78 is 6.51. The number of para-hydroxylation sites is 1. The molecule has 1 aromatic heterocycles. The summed E-state index contributed by atoms with van der Waals surface area (Å²) in [4.78, 5) is 2.34. The maximum absolute atomic E-state index is 6.51. The van der Waals surface area contributed by atoms with Crippen LogP contribution in [0.15, 0.2) is 217 Å². The average molecular weight is 756 g/mol. The molecular formula is C57H41NO. The molecule has 2 nitrogen and oxygen atoms in total. The van der Waals surface area contributed by atoms with Gasteiger partial charge in [0.2, 0.25) is 0 Å². The third-order valence-electron chi connectivity index (χ3n) is 12.3. The summed E-state index contributed by atoms with van der Waals surface area (Å²) in [6.07, 6.45) is 0. The Labute approximate surface area is 345 Å². The van der Waals surface area contributed by atoms with E-state index < -0.39 is 0 Å². The molecular weight excluding hydrogens is 715 g/mol. The van der Waals surface area contributed by atoms with E-state index in [0.29, 0.717) is 0 Å². The maximum atomic E-state index is 6.51. The van der Waals surface area contributed by atoms with Crippen molar-refractivity contribution in [3.63, 3.8) is 0 Å². The van der Waals surface area contributed by atoms with Gasteiger partial charge in [0.05, 0.1) is 0 Å². The van der Waals surface area contributed by atoms with Crippen molar-refractivity contribution in [2.75, 3.05) is 4.90 Å². The zero-order valence-corrected chi connectivity index (χ0v) is 33.1. The molecule has 0 spiro atoms. The molecule has 0 N–H and O–H groups in total. The van der Waals surface area contributed by atoms with Crippen LogP contribution in [-0.4, -0.2) is 0 Å². The third kappa shape index (κ3) is 5.96. The van der Waals surface area contributed by atoms with Crippen LogP contribution >= 0.6 is 0 Å². The quantitative estimate of drug-likeness (QED) is 0.161. The molecule has 0 fully saturated rings. The van der Waals surface area contributed by atoms with E-state index in [1.54, 1.807) is 0 Å². The smallest absolute Gasteiger partial charge is 0.136 e. The van der Waals surface area contributed by atoms with Crippen LogP contribution in [0, 0.1) is 0 Å². The van der Waals surface area contributed by atoms with Gasteiger partial charge in [-0.15, -0.1) is 0 Å². The van der Waals surface area contributed by atoms with E-state index in [1.165, 1.54) is 55.6 Å². The van der Waals surface area contributed by atoms with E-state index in [4.69, 9.17) is 4.42 Å². The zero-order chi connectivity index (χ0) is 39.5. The molecule has 0 saturated carbocycles. The molecule has 10 aromatic rings. The molecule has 2 heteroatoms. The summed E-state index contributed by atoms with van der Waals surface area (Å²) in [6, 6.07) is 76.8. The van der Waals surface area contributed by atoms with Crippen molar-refractivity contribution in [3.05, 3.63) is 223 Å². The first-order valence-electron chi connectivity index (χ1n) is 20.4. The molecule has 0 bridgehead atoms. The molecule has 0 radical (unpaired) electrons. The lowest BCUT2D eigenvalue weighted by molar-refractivity contribution is 0.660. The molecule has 59 heavy (non-hydrogen) atoms. The van der Waals surface area contributed by atoms with Gasteiger partial charge in [0.15, 0.2) is 0 Å². The molecule has 1 heterocycles. The normalized spacial score (nSPS) is 12.7. The molecule has 11 rings (SSSR count). The van der Waals surface area contributed by atoms with E-state index in [-0.39, 0.29) is 5.41 Å².